The molecule has 0 aromatic rings. The second-order valence-electron chi connectivity index (χ2n) is 4.90. The van der Waals surface area contributed by atoms with E-state index in [1.807, 2.05) is 0 Å². The summed E-state index contributed by atoms with van der Waals surface area (Å²) in [7, 11) is 4.01. The first-order valence-corrected chi connectivity index (χ1v) is 7.47. The van der Waals surface area contributed by atoms with Crippen LogP contribution in [0, 0.1) is 0 Å². The summed E-state index contributed by atoms with van der Waals surface area (Å²) in [6.45, 7) is 10.3. The molecule has 0 amide bonds. The quantitative estimate of drug-likeness (QED) is 0.653. The van der Waals surface area contributed by atoms with E-state index in [2.05, 4.69) is 54.6 Å². The Labute approximate surface area is 102 Å². The van der Waals surface area contributed by atoms with Gasteiger partial charge in [-0.3, -0.25) is 4.24 Å². The number of likely N-dealkylation sites (N-methyl/N-ethyl adjacent to an activating group) is 1. The van der Waals surface area contributed by atoms with Crippen LogP contribution in [-0.4, -0.2) is 63.0 Å². The van der Waals surface area contributed by atoms with Crippen LogP contribution < -0.4 is 0 Å². The molecular weight excluding hydrogens is 214 g/mol. The first-order valence-electron chi connectivity index (χ1n) is 6.21. The van der Waals surface area contributed by atoms with Gasteiger partial charge < -0.3 is 9.47 Å². The van der Waals surface area contributed by atoms with E-state index in [1.54, 1.807) is 0 Å². The minimum absolute atomic E-state index is 0.278. The number of nitrogens with zero attached hydrogens (tertiary/aromatic N) is 3. The van der Waals surface area contributed by atoms with Crippen LogP contribution in [0.15, 0.2) is 11.8 Å². The van der Waals surface area contributed by atoms with Gasteiger partial charge in [-0.05, 0) is 21.0 Å². The maximum absolute atomic E-state index is 2.60. The van der Waals surface area contributed by atoms with Crippen LogP contribution in [0.4, 0.5) is 0 Å². The lowest BCUT2D eigenvalue weighted by atomic mass is 10.3. The molecule has 0 radical (unpaired) electrons. The molecule has 0 aromatic carbocycles. The summed E-state index contributed by atoms with van der Waals surface area (Å²) in [6, 6.07) is 0. The van der Waals surface area contributed by atoms with Crippen LogP contribution in [0.1, 0.15) is 27.2 Å². The molecule has 0 N–H and O–H groups in total. The van der Waals surface area contributed by atoms with Gasteiger partial charge in [-0.2, -0.15) is 0 Å². The zero-order valence-electron chi connectivity index (χ0n) is 11.5. The Morgan fingerprint density at radius 1 is 1.38 bits per heavy atom. The molecule has 0 spiro atoms. The van der Waals surface area contributed by atoms with Crippen molar-refractivity contribution in [2.24, 2.45) is 0 Å². The summed E-state index contributed by atoms with van der Waals surface area (Å²) in [4.78, 5) is 2.26. The fourth-order valence-corrected chi connectivity index (χ4v) is 3.78. The first kappa shape index (κ1) is 13.5. The normalized spacial score (nSPS) is 18.6. The summed E-state index contributed by atoms with van der Waals surface area (Å²) in [5.41, 5.74) is 2.92. The van der Waals surface area contributed by atoms with Crippen LogP contribution in [-0.2, 0) is 0 Å². The molecule has 0 saturated carbocycles. The first-order chi connectivity index (χ1) is 7.54. The number of hydrogen-bond acceptors (Lipinski definition) is 2. The van der Waals surface area contributed by atoms with Gasteiger partial charge in [0.25, 0.3) is 0 Å². The molecule has 0 unspecified atom stereocenters. The van der Waals surface area contributed by atoms with E-state index in [-0.39, 0.29) is 9.84 Å². The molecule has 4 heteroatoms. The van der Waals surface area contributed by atoms with Gasteiger partial charge in [0.05, 0.1) is 0 Å². The Hall–Kier alpha value is -0.613. The van der Waals surface area contributed by atoms with E-state index in [9.17, 15) is 0 Å². The summed E-state index contributed by atoms with van der Waals surface area (Å²) in [5, 5.41) is 0. The van der Waals surface area contributed by atoms with Crippen molar-refractivity contribution in [3.8, 4) is 0 Å². The van der Waals surface area contributed by atoms with E-state index in [4.69, 9.17) is 0 Å². The van der Waals surface area contributed by atoms with Crippen molar-refractivity contribution in [2.75, 3.05) is 33.7 Å². The molecule has 16 heavy (non-hydrogen) atoms. The average Bonchev–Trinajstić information content (AvgIpc) is 2.20. The highest BCUT2D eigenvalue weighted by Crippen LogP contribution is 2.08. The van der Waals surface area contributed by atoms with Gasteiger partial charge in [-0.1, -0.05) is 6.92 Å². The lowest BCUT2D eigenvalue weighted by molar-refractivity contribution is -0.390. The van der Waals surface area contributed by atoms with Crippen molar-refractivity contribution < 1.29 is 4.24 Å². The summed E-state index contributed by atoms with van der Waals surface area (Å²) in [6.07, 6.45) is 3.58. The molecule has 0 bridgehead atoms. The lowest BCUT2D eigenvalue weighted by Crippen LogP contribution is -2.43. The minimum atomic E-state index is -0.278. The minimum Gasteiger partial charge on any atom is -0.351 e. The molecule has 0 atom stereocenters. The topological polar surface area (TPSA) is 9.49 Å². The molecule has 92 valence electrons. The van der Waals surface area contributed by atoms with Crippen LogP contribution in [0.5, 0.6) is 0 Å². The zero-order valence-corrected chi connectivity index (χ0v) is 12.9. The van der Waals surface area contributed by atoms with Gasteiger partial charge in [-0.15, -0.1) is 0 Å². The highest BCUT2D eigenvalue weighted by atomic mass is 28.2. The third-order valence-corrected chi connectivity index (χ3v) is 5.38. The Bertz CT molecular complexity index is 295. The third-order valence-electron chi connectivity index (χ3n) is 3.07. The van der Waals surface area contributed by atoms with Crippen molar-refractivity contribution in [3.05, 3.63) is 11.8 Å². The van der Waals surface area contributed by atoms with Crippen molar-refractivity contribution in [1.82, 2.24) is 9.47 Å². The van der Waals surface area contributed by atoms with Crippen molar-refractivity contribution in [3.63, 3.8) is 0 Å². The molecule has 0 aliphatic carbocycles. The maximum Gasteiger partial charge on any atom is 0.442 e. The number of hydrogen-bond donors (Lipinski definition) is 0. The average molecular weight is 240 g/mol. The van der Waals surface area contributed by atoms with Crippen molar-refractivity contribution in [1.29, 1.82) is 0 Å². The molecule has 1 heterocycles. The Morgan fingerprint density at radius 2 is 2.06 bits per heavy atom. The molecule has 1 aliphatic heterocycles. The molecule has 1 aliphatic rings. The summed E-state index contributed by atoms with van der Waals surface area (Å²) < 4.78 is 5.20. The van der Waals surface area contributed by atoms with Gasteiger partial charge >= 0.3 is 9.84 Å². The SMILES string of the molecule is CCC[N+]1=C(C)C=C(C)N(CCN(C)C)[SiH2]1. The van der Waals surface area contributed by atoms with Crippen LogP contribution in [0.3, 0.4) is 0 Å². The van der Waals surface area contributed by atoms with Crippen molar-refractivity contribution >= 4 is 15.6 Å². The predicted octanol–water partition coefficient (Wildman–Crippen LogP) is 0.650. The van der Waals surface area contributed by atoms with Gasteiger partial charge in [0.1, 0.15) is 6.54 Å². The number of allylic oxidation sites excluding steroid dienone is 2. The summed E-state index contributed by atoms with van der Waals surface area (Å²) >= 11 is 0. The number of rotatable bonds is 5. The predicted molar refractivity (Wildman–Crippen MR) is 73.7 cm³/mol. The van der Waals surface area contributed by atoms with Gasteiger partial charge in [-0.25, -0.2) is 0 Å². The molecule has 0 fully saturated rings. The smallest absolute Gasteiger partial charge is 0.351 e. The second kappa shape index (κ2) is 6.20. The van der Waals surface area contributed by atoms with Crippen LogP contribution >= 0.6 is 0 Å². The molecule has 0 saturated heterocycles. The monoisotopic (exact) mass is 240 g/mol. The Balaban J connectivity index is 2.62. The van der Waals surface area contributed by atoms with Gasteiger partial charge in [0, 0.05) is 38.2 Å². The largest absolute Gasteiger partial charge is 0.442 e. The summed E-state index contributed by atoms with van der Waals surface area (Å²) in [5.74, 6) is 0. The van der Waals surface area contributed by atoms with E-state index < -0.39 is 0 Å². The van der Waals surface area contributed by atoms with E-state index in [1.165, 1.54) is 30.9 Å². The lowest BCUT2D eigenvalue weighted by Gasteiger charge is -2.27. The van der Waals surface area contributed by atoms with Gasteiger partial charge in [0.15, 0.2) is 5.71 Å². The van der Waals surface area contributed by atoms with E-state index in [0.717, 1.165) is 6.54 Å². The maximum atomic E-state index is 2.60. The highest BCUT2D eigenvalue weighted by Gasteiger charge is 2.21. The fourth-order valence-electron chi connectivity index (χ4n) is 2.00. The Kier molecular flexibility index (Phi) is 5.22. The fraction of sp³-hybridized carbons (Fsp3) is 0.750. The zero-order chi connectivity index (χ0) is 12.1. The van der Waals surface area contributed by atoms with Crippen molar-refractivity contribution in [2.45, 2.75) is 27.2 Å². The molecule has 1 rings (SSSR count). The molecule has 0 aromatic heterocycles. The van der Waals surface area contributed by atoms with Gasteiger partial charge in [0.2, 0.25) is 0 Å². The van der Waals surface area contributed by atoms with E-state index >= 15 is 0 Å². The van der Waals surface area contributed by atoms with E-state index in [0.29, 0.717) is 0 Å². The molecule has 3 nitrogen and oxygen atoms in total. The van der Waals surface area contributed by atoms with Crippen LogP contribution in [0.25, 0.3) is 0 Å². The standard InChI is InChI=1S/C12H26N3Si/c1-6-7-14-11(2)10-12(3)15(16-14)9-8-13(4)5/h10H,6-9,16H2,1-5H3/q+1. The Morgan fingerprint density at radius 3 is 2.62 bits per heavy atom. The van der Waals surface area contributed by atoms with Crippen LogP contribution in [0.2, 0.25) is 0 Å². The molecular formula is C12H26N3Si+. The third kappa shape index (κ3) is 3.76. The second-order valence-corrected chi connectivity index (χ2v) is 6.71. The highest BCUT2D eigenvalue weighted by molar-refractivity contribution is 6.25.